The zero-order valence-corrected chi connectivity index (χ0v) is 17.6. The Morgan fingerprint density at radius 2 is 1.88 bits per heavy atom. The molecule has 3 N–H and O–H groups in total. The molecule has 0 aliphatic carbocycles. The first-order valence-electron chi connectivity index (χ1n) is 10.2. The maximum absolute atomic E-state index is 11.2. The van der Waals surface area contributed by atoms with E-state index in [4.69, 9.17) is 4.74 Å². The molecule has 12 nitrogen and oxygen atoms in total. The average molecular weight is 450 g/mol. The van der Waals surface area contributed by atoms with Crippen molar-refractivity contribution >= 4 is 29.7 Å². The van der Waals surface area contributed by atoms with Gasteiger partial charge in [0.25, 0.3) is 5.69 Å². The normalized spacial score (nSPS) is 13.8. The van der Waals surface area contributed by atoms with Gasteiger partial charge in [-0.15, -0.1) is 0 Å². The number of aromatic nitrogens is 3. The van der Waals surface area contributed by atoms with Crippen molar-refractivity contribution in [1.82, 2.24) is 15.0 Å². The van der Waals surface area contributed by atoms with Crippen molar-refractivity contribution < 1.29 is 14.8 Å². The van der Waals surface area contributed by atoms with Crippen LogP contribution in [0.15, 0.2) is 53.6 Å². The van der Waals surface area contributed by atoms with Crippen LogP contribution in [0.5, 0.6) is 5.75 Å². The number of nitro groups is 1. The molecule has 0 amide bonds. The fraction of sp³-hybridized carbons (Fsp3) is 0.238. The molecule has 33 heavy (non-hydrogen) atoms. The lowest BCUT2D eigenvalue weighted by Crippen LogP contribution is -2.37. The second kappa shape index (κ2) is 10.3. The Bertz CT molecular complexity index is 1140. The molecule has 1 aliphatic rings. The largest absolute Gasteiger partial charge is 0.508 e. The molecule has 2 heterocycles. The lowest BCUT2D eigenvalue weighted by Gasteiger charge is -2.27. The molecule has 3 aromatic rings. The molecule has 0 saturated carbocycles. The van der Waals surface area contributed by atoms with Crippen LogP contribution in [0.1, 0.15) is 11.1 Å². The monoisotopic (exact) mass is 450 g/mol. The van der Waals surface area contributed by atoms with E-state index in [-0.39, 0.29) is 22.9 Å². The molecular formula is C21H22N8O4. The third kappa shape index (κ3) is 5.89. The van der Waals surface area contributed by atoms with E-state index in [1.54, 1.807) is 0 Å². The van der Waals surface area contributed by atoms with Crippen molar-refractivity contribution in [2.24, 2.45) is 5.10 Å². The predicted octanol–water partition coefficient (Wildman–Crippen LogP) is 2.38. The van der Waals surface area contributed by atoms with Gasteiger partial charge in [-0.25, -0.2) is 5.43 Å². The Morgan fingerprint density at radius 3 is 2.64 bits per heavy atom. The molecule has 12 heteroatoms. The Balaban J connectivity index is 1.54. The first-order valence-corrected chi connectivity index (χ1v) is 10.2. The lowest BCUT2D eigenvalue weighted by atomic mass is 10.2. The van der Waals surface area contributed by atoms with Gasteiger partial charge in [-0.3, -0.25) is 10.1 Å². The summed E-state index contributed by atoms with van der Waals surface area (Å²) >= 11 is 0. The standard InChI is InChI=1S/C21H22N8O4/c30-17-7-6-16(18(12-17)29(31)32)14-23-27-20-24-19(22-13-15-4-2-1-3-5-15)25-21(26-20)28-8-10-33-11-9-28/h1-7,12,14,30H,8-11,13H2,(H2,22,24,25,26,27). The quantitative estimate of drug-likeness (QED) is 0.265. The molecule has 2 aromatic carbocycles. The number of benzene rings is 2. The summed E-state index contributed by atoms with van der Waals surface area (Å²) in [5.41, 5.74) is 3.73. The van der Waals surface area contributed by atoms with E-state index in [1.165, 1.54) is 18.3 Å². The van der Waals surface area contributed by atoms with Crippen LogP contribution in [-0.2, 0) is 11.3 Å². The Hall–Kier alpha value is -4.32. The summed E-state index contributed by atoms with van der Waals surface area (Å²) in [4.78, 5) is 25.9. The van der Waals surface area contributed by atoms with Crippen LogP contribution >= 0.6 is 0 Å². The van der Waals surface area contributed by atoms with E-state index >= 15 is 0 Å². The smallest absolute Gasteiger partial charge is 0.281 e. The maximum Gasteiger partial charge on any atom is 0.281 e. The number of phenolic OH excluding ortho intramolecular Hbond substituents is 1. The molecule has 1 saturated heterocycles. The predicted molar refractivity (Wildman–Crippen MR) is 123 cm³/mol. The molecule has 0 bridgehead atoms. The first-order chi connectivity index (χ1) is 16.1. The van der Waals surface area contributed by atoms with Gasteiger partial charge in [0, 0.05) is 19.6 Å². The van der Waals surface area contributed by atoms with Gasteiger partial charge in [0.2, 0.25) is 17.8 Å². The molecule has 0 spiro atoms. The second-order valence-corrected chi connectivity index (χ2v) is 7.09. The fourth-order valence-corrected chi connectivity index (χ4v) is 3.13. The first kappa shape index (κ1) is 21.9. The number of nitrogens with zero attached hydrogens (tertiary/aromatic N) is 6. The van der Waals surface area contributed by atoms with Crippen molar-refractivity contribution in [3.05, 3.63) is 69.8 Å². The van der Waals surface area contributed by atoms with Crippen LogP contribution in [0.2, 0.25) is 0 Å². The van der Waals surface area contributed by atoms with Crippen molar-refractivity contribution in [3.8, 4) is 5.75 Å². The minimum absolute atomic E-state index is 0.180. The molecule has 1 aromatic heterocycles. The molecule has 1 aliphatic heterocycles. The Labute approximate surface area is 189 Å². The number of hydrazone groups is 1. The minimum atomic E-state index is -0.591. The van der Waals surface area contributed by atoms with Crippen molar-refractivity contribution in [2.45, 2.75) is 6.54 Å². The maximum atomic E-state index is 11.2. The highest BCUT2D eigenvalue weighted by Crippen LogP contribution is 2.22. The van der Waals surface area contributed by atoms with E-state index in [9.17, 15) is 15.2 Å². The summed E-state index contributed by atoms with van der Waals surface area (Å²) in [5.74, 6) is 0.814. The van der Waals surface area contributed by atoms with E-state index in [0.717, 1.165) is 11.6 Å². The van der Waals surface area contributed by atoms with Gasteiger partial charge in [-0.1, -0.05) is 30.3 Å². The lowest BCUT2D eigenvalue weighted by molar-refractivity contribution is -0.385. The number of ether oxygens (including phenoxy) is 1. The Kier molecular flexibility index (Phi) is 6.85. The summed E-state index contributed by atoms with van der Waals surface area (Å²) in [7, 11) is 0. The summed E-state index contributed by atoms with van der Waals surface area (Å²) in [6.45, 7) is 2.96. The number of aromatic hydroxyl groups is 1. The van der Waals surface area contributed by atoms with Crippen LogP contribution in [0, 0.1) is 10.1 Å². The number of nitrogens with one attached hydrogen (secondary N) is 2. The van der Waals surface area contributed by atoms with Gasteiger partial charge in [-0.2, -0.15) is 20.1 Å². The second-order valence-electron chi connectivity index (χ2n) is 7.09. The van der Waals surface area contributed by atoms with Crippen molar-refractivity contribution in [3.63, 3.8) is 0 Å². The Morgan fingerprint density at radius 1 is 1.12 bits per heavy atom. The van der Waals surface area contributed by atoms with Gasteiger partial charge in [0.05, 0.1) is 36.0 Å². The highest BCUT2D eigenvalue weighted by Gasteiger charge is 2.17. The van der Waals surface area contributed by atoms with Crippen LogP contribution in [0.3, 0.4) is 0 Å². The van der Waals surface area contributed by atoms with Gasteiger partial charge in [0.1, 0.15) is 5.75 Å². The number of hydrogen-bond donors (Lipinski definition) is 3. The van der Waals surface area contributed by atoms with E-state index in [2.05, 4.69) is 30.8 Å². The molecule has 0 radical (unpaired) electrons. The third-order valence-electron chi connectivity index (χ3n) is 4.79. The molecular weight excluding hydrogens is 428 g/mol. The molecule has 0 unspecified atom stereocenters. The molecule has 4 rings (SSSR count). The SMILES string of the molecule is O=[N+]([O-])c1cc(O)ccc1C=NNc1nc(NCc2ccccc2)nc(N2CCOCC2)n1. The zero-order chi connectivity index (χ0) is 23.0. The number of anilines is 3. The van der Waals surface area contributed by atoms with Gasteiger partial charge in [-0.05, 0) is 17.7 Å². The summed E-state index contributed by atoms with van der Waals surface area (Å²) in [5, 5.41) is 27.9. The number of phenols is 1. The average Bonchev–Trinajstić information content (AvgIpc) is 2.84. The van der Waals surface area contributed by atoms with Crippen LogP contribution < -0.4 is 15.6 Å². The molecule has 0 atom stereocenters. The zero-order valence-electron chi connectivity index (χ0n) is 17.6. The van der Waals surface area contributed by atoms with Gasteiger partial charge >= 0.3 is 0 Å². The molecule has 170 valence electrons. The van der Waals surface area contributed by atoms with Crippen molar-refractivity contribution in [2.75, 3.05) is 41.9 Å². The van der Waals surface area contributed by atoms with Crippen molar-refractivity contribution in [1.29, 1.82) is 0 Å². The number of morpholine rings is 1. The topological polar surface area (TPSA) is 151 Å². The van der Waals surface area contributed by atoms with Crippen LogP contribution in [-0.4, -0.2) is 57.5 Å². The van der Waals surface area contributed by atoms with E-state index in [1.807, 2.05) is 35.2 Å². The third-order valence-corrected chi connectivity index (χ3v) is 4.79. The van der Waals surface area contributed by atoms with Gasteiger partial charge < -0.3 is 20.1 Å². The highest BCUT2D eigenvalue weighted by molar-refractivity contribution is 5.86. The number of nitro benzene ring substituents is 1. The van der Waals surface area contributed by atoms with Gasteiger partial charge in [0.15, 0.2) is 0 Å². The number of hydrogen-bond acceptors (Lipinski definition) is 11. The van der Waals surface area contributed by atoms with E-state index < -0.39 is 4.92 Å². The highest BCUT2D eigenvalue weighted by atomic mass is 16.6. The molecule has 1 fully saturated rings. The van der Waals surface area contributed by atoms with E-state index in [0.29, 0.717) is 44.7 Å². The van der Waals surface area contributed by atoms with Crippen LogP contribution in [0.25, 0.3) is 0 Å². The minimum Gasteiger partial charge on any atom is -0.508 e. The summed E-state index contributed by atoms with van der Waals surface area (Å²) < 4.78 is 5.40. The summed E-state index contributed by atoms with van der Waals surface area (Å²) in [6.07, 6.45) is 1.27. The fourth-order valence-electron chi connectivity index (χ4n) is 3.13. The van der Waals surface area contributed by atoms with Crippen LogP contribution in [0.4, 0.5) is 23.5 Å². The summed E-state index contributed by atoms with van der Waals surface area (Å²) in [6, 6.07) is 13.6. The number of rotatable bonds is 8.